The Balaban J connectivity index is 3.81. The second-order valence-corrected chi connectivity index (χ2v) is 3.07. The number of aliphatic carboxylic acids is 1. The normalized spacial score (nSPS) is 11.5. The van der Waals surface area contributed by atoms with Crippen molar-refractivity contribution in [1.82, 2.24) is 10.6 Å². The van der Waals surface area contributed by atoms with Gasteiger partial charge in [-0.05, 0) is 12.8 Å². The second-order valence-electron chi connectivity index (χ2n) is 3.07. The van der Waals surface area contributed by atoms with Crippen molar-refractivity contribution in [2.75, 3.05) is 6.54 Å². The van der Waals surface area contributed by atoms with Crippen LogP contribution in [0.15, 0.2) is 0 Å². The topological polar surface area (TPSA) is 128 Å². The number of hydrogen-bond acceptors (Lipinski definition) is 3. The van der Waals surface area contributed by atoms with Crippen LogP contribution in [0.1, 0.15) is 19.8 Å². The minimum Gasteiger partial charge on any atom is -0.480 e. The zero-order chi connectivity index (χ0) is 11.8. The molecule has 0 spiro atoms. The van der Waals surface area contributed by atoms with Crippen LogP contribution in [-0.2, 0) is 9.59 Å². The molecule has 0 radical (unpaired) electrons. The Bertz CT molecular complexity index is 254. The lowest BCUT2D eigenvalue weighted by Crippen LogP contribution is -2.40. The average Bonchev–Trinajstić information content (AvgIpc) is 2.08. The number of nitrogens with one attached hydrogen (secondary N) is 3. The Labute approximate surface area is 87.5 Å². The highest BCUT2D eigenvalue weighted by Crippen LogP contribution is 1.96. The van der Waals surface area contributed by atoms with Gasteiger partial charge in [0.15, 0.2) is 5.96 Å². The molecular formula is C8H16N4O3. The lowest BCUT2D eigenvalue weighted by atomic mass is 10.7. The molecule has 0 heterocycles. The van der Waals surface area contributed by atoms with Crippen molar-refractivity contribution in [3.05, 3.63) is 0 Å². The van der Waals surface area contributed by atoms with Crippen molar-refractivity contribution in [3.8, 4) is 0 Å². The summed E-state index contributed by atoms with van der Waals surface area (Å²) in [6.07, 6.45) is 0.812. The Morgan fingerprint density at radius 2 is 2.13 bits per heavy atom. The van der Waals surface area contributed by atoms with Gasteiger partial charge in [0, 0.05) is 13.5 Å². The van der Waals surface area contributed by atoms with Crippen molar-refractivity contribution >= 4 is 17.8 Å². The van der Waals surface area contributed by atoms with Crippen molar-refractivity contribution in [2.24, 2.45) is 5.73 Å². The summed E-state index contributed by atoms with van der Waals surface area (Å²) >= 11 is 0. The summed E-state index contributed by atoms with van der Waals surface area (Å²) in [6.45, 7) is 1.68. The highest BCUT2D eigenvalue weighted by atomic mass is 16.5. The van der Waals surface area contributed by atoms with Crippen LogP contribution in [0.5, 0.6) is 0 Å². The molecule has 7 nitrogen and oxygen atoms in total. The first-order valence-corrected chi connectivity index (χ1v) is 4.51. The number of nitrogens with two attached hydrogens (primary N) is 1. The summed E-state index contributed by atoms with van der Waals surface area (Å²) in [5.41, 5.74) is 5.04. The van der Waals surface area contributed by atoms with Crippen molar-refractivity contribution in [3.63, 3.8) is 0 Å². The summed E-state index contributed by atoms with van der Waals surface area (Å²) in [6, 6.07) is -0.878. The van der Waals surface area contributed by atoms with Crippen LogP contribution in [0.2, 0.25) is 0 Å². The molecule has 0 aliphatic heterocycles. The SMILES string of the molecule is CC(=O)N[13C@@H]([13CH2][13CH2][13CH2]N[13C](=N)N)[13C](=O)O. The van der Waals surface area contributed by atoms with Crippen LogP contribution in [0, 0.1) is 5.41 Å². The van der Waals surface area contributed by atoms with Crippen LogP contribution >= 0.6 is 0 Å². The number of carbonyl (C=O) groups is 2. The lowest BCUT2D eigenvalue weighted by Gasteiger charge is -2.12. The van der Waals surface area contributed by atoms with Gasteiger partial charge < -0.3 is 21.5 Å². The Kier molecular flexibility index (Phi) is 5.84. The zero-order valence-corrected chi connectivity index (χ0v) is 8.54. The third kappa shape index (κ3) is 7.29. The molecule has 1 atom stereocenters. The lowest BCUT2D eigenvalue weighted by molar-refractivity contribution is -0.141. The summed E-state index contributed by atoms with van der Waals surface area (Å²) in [5.74, 6) is -1.59. The van der Waals surface area contributed by atoms with E-state index < -0.39 is 12.0 Å². The minimum absolute atomic E-state index is 0.151. The van der Waals surface area contributed by atoms with E-state index in [1.165, 1.54) is 6.92 Å². The molecule has 0 unspecified atom stereocenters. The van der Waals surface area contributed by atoms with Crippen LogP contribution in [0.3, 0.4) is 0 Å². The molecule has 1 amide bonds. The average molecular weight is 222 g/mol. The number of hydrogen-bond donors (Lipinski definition) is 5. The van der Waals surface area contributed by atoms with Gasteiger partial charge in [-0.15, -0.1) is 0 Å². The van der Waals surface area contributed by atoms with Gasteiger partial charge in [0.2, 0.25) is 5.91 Å². The molecular weight excluding hydrogens is 206 g/mol. The molecule has 0 aromatic heterocycles. The smallest absolute Gasteiger partial charge is 0.326 e. The minimum atomic E-state index is -1.06. The first-order valence-electron chi connectivity index (χ1n) is 4.51. The van der Waals surface area contributed by atoms with E-state index >= 15 is 0 Å². The fourth-order valence-electron chi connectivity index (χ4n) is 1.03. The van der Waals surface area contributed by atoms with E-state index in [2.05, 4.69) is 10.6 Å². The molecule has 0 aromatic rings. The van der Waals surface area contributed by atoms with E-state index in [1.807, 2.05) is 0 Å². The summed E-state index contributed by atoms with van der Waals surface area (Å²) in [7, 11) is 0. The van der Waals surface area contributed by atoms with Gasteiger partial charge >= 0.3 is 5.97 Å². The fraction of sp³-hybridized carbons (Fsp3) is 0.625. The maximum atomic E-state index is 10.7. The van der Waals surface area contributed by atoms with Crippen molar-refractivity contribution in [2.45, 2.75) is 25.8 Å². The van der Waals surface area contributed by atoms with Gasteiger partial charge in [-0.3, -0.25) is 10.2 Å². The number of carbonyl (C=O) groups excluding carboxylic acids is 1. The molecule has 0 bridgehead atoms. The molecule has 0 saturated carbocycles. The highest BCUT2D eigenvalue weighted by Gasteiger charge is 2.17. The first-order chi connectivity index (χ1) is 6.93. The summed E-state index contributed by atoms with van der Waals surface area (Å²) in [4.78, 5) is 21.3. The van der Waals surface area contributed by atoms with Gasteiger partial charge in [-0.1, -0.05) is 0 Å². The third-order valence-electron chi connectivity index (χ3n) is 1.66. The maximum absolute atomic E-state index is 10.7. The fourth-order valence-corrected chi connectivity index (χ4v) is 1.03. The summed E-state index contributed by atoms with van der Waals surface area (Å²) < 4.78 is 0. The third-order valence-corrected chi connectivity index (χ3v) is 1.66. The molecule has 0 aromatic carbocycles. The molecule has 6 N–H and O–H groups in total. The first kappa shape index (κ1) is 13.2. The molecule has 0 saturated heterocycles. The van der Waals surface area contributed by atoms with E-state index in [1.54, 1.807) is 0 Å². The number of carboxylic acid groups (broad SMARTS) is 1. The van der Waals surface area contributed by atoms with Crippen LogP contribution in [-0.4, -0.2) is 35.5 Å². The van der Waals surface area contributed by atoms with Gasteiger partial charge in [-0.2, -0.15) is 0 Å². The molecule has 0 aliphatic carbocycles. The van der Waals surface area contributed by atoms with Gasteiger partial charge in [0.25, 0.3) is 0 Å². The standard InChI is InChI=1S/C8H16N4O3/c1-5(13)12-6(7(14)15)3-2-4-11-8(9)10/h6H,2-4H2,1H3,(H,12,13)(H,14,15)(H4,9,10,11)/t6-/m0/s1/i2+1,3+1,4+1,6+1,7+1,8+1. The van der Waals surface area contributed by atoms with Crippen molar-refractivity contribution < 1.29 is 14.7 Å². The Morgan fingerprint density at radius 1 is 1.53 bits per heavy atom. The largest absolute Gasteiger partial charge is 0.480 e. The molecule has 15 heavy (non-hydrogen) atoms. The predicted octanol–water partition coefficient (Wildman–Crippen LogP) is -1.16. The van der Waals surface area contributed by atoms with Gasteiger partial charge in [0.05, 0.1) is 0 Å². The van der Waals surface area contributed by atoms with E-state index in [0.29, 0.717) is 19.4 Å². The maximum Gasteiger partial charge on any atom is 0.326 e. The van der Waals surface area contributed by atoms with E-state index in [4.69, 9.17) is 16.2 Å². The van der Waals surface area contributed by atoms with Crippen LogP contribution < -0.4 is 16.4 Å². The Morgan fingerprint density at radius 3 is 2.53 bits per heavy atom. The van der Waals surface area contributed by atoms with E-state index in [0.717, 1.165) is 0 Å². The molecule has 7 heteroatoms. The van der Waals surface area contributed by atoms with E-state index in [9.17, 15) is 9.59 Å². The number of guanidine groups is 1. The quantitative estimate of drug-likeness (QED) is 0.167. The predicted molar refractivity (Wildman–Crippen MR) is 54.4 cm³/mol. The van der Waals surface area contributed by atoms with Crippen LogP contribution in [0.4, 0.5) is 0 Å². The molecule has 86 valence electrons. The molecule has 0 aliphatic rings. The monoisotopic (exact) mass is 222 g/mol. The number of carboxylic acids is 1. The Hall–Kier alpha value is -1.79. The van der Waals surface area contributed by atoms with Gasteiger partial charge in [0.1, 0.15) is 6.04 Å². The van der Waals surface area contributed by atoms with Crippen LogP contribution in [0.25, 0.3) is 0 Å². The molecule has 0 rings (SSSR count). The van der Waals surface area contributed by atoms with Gasteiger partial charge in [-0.25, -0.2) is 4.79 Å². The van der Waals surface area contributed by atoms with E-state index in [-0.39, 0.29) is 11.9 Å². The summed E-state index contributed by atoms with van der Waals surface area (Å²) in [5, 5.41) is 20.5. The zero-order valence-electron chi connectivity index (χ0n) is 8.54. The van der Waals surface area contributed by atoms with Crippen molar-refractivity contribution in [1.29, 1.82) is 5.41 Å². The molecule has 0 fully saturated rings. The highest BCUT2D eigenvalue weighted by molar-refractivity contribution is 5.82. The number of amides is 1. The second kappa shape index (κ2) is 6.63. The number of rotatable bonds is 6.